The summed E-state index contributed by atoms with van der Waals surface area (Å²) in [5.74, 6) is 1.66. The van der Waals surface area contributed by atoms with Gasteiger partial charge in [-0.25, -0.2) is 4.68 Å². The predicted octanol–water partition coefficient (Wildman–Crippen LogP) is 4.46. The van der Waals surface area contributed by atoms with Gasteiger partial charge in [-0.15, -0.1) is 0 Å². The highest BCUT2D eigenvalue weighted by Crippen LogP contribution is 2.61. The van der Waals surface area contributed by atoms with Gasteiger partial charge in [0.1, 0.15) is 11.0 Å². The largest absolute Gasteiger partial charge is 0.380 e. The molecule has 1 aromatic carbocycles. The number of anilines is 1. The summed E-state index contributed by atoms with van der Waals surface area (Å²) in [7, 11) is 0. The molecular formula is C23H28BrClN4O2. The summed E-state index contributed by atoms with van der Waals surface area (Å²) in [4.78, 5) is 25.1. The third-order valence-corrected chi connectivity index (χ3v) is 8.54. The maximum Gasteiger partial charge on any atom is 0.283 e. The Morgan fingerprint density at radius 2 is 2.06 bits per heavy atom. The van der Waals surface area contributed by atoms with E-state index >= 15 is 0 Å². The van der Waals surface area contributed by atoms with E-state index < -0.39 is 0 Å². The Kier molecular flexibility index (Phi) is 6.19. The normalized spacial score (nSPS) is 26.1. The van der Waals surface area contributed by atoms with Crippen LogP contribution < -0.4 is 16.2 Å². The molecule has 1 heterocycles. The Balaban J connectivity index is 1.39. The van der Waals surface area contributed by atoms with Gasteiger partial charge in [-0.05, 0) is 63.6 Å². The van der Waals surface area contributed by atoms with Crippen LogP contribution in [0.5, 0.6) is 0 Å². The topological polar surface area (TPSA) is 76.0 Å². The minimum absolute atomic E-state index is 0.152. The van der Waals surface area contributed by atoms with Crippen molar-refractivity contribution in [3.8, 4) is 0 Å². The molecule has 166 valence electrons. The van der Waals surface area contributed by atoms with Crippen molar-refractivity contribution in [2.45, 2.75) is 52.7 Å². The maximum atomic E-state index is 12.8. The molecule has 1 aromatic heterocycles. The van der Waals surface area contributed by atoms with Crippen molar-refractivity contribution in [1.29, 1.82) is 0 Å². The SMILES string of the molecule is C[C@H]1[C@H](Nc2cnn(CC(=O)NCc3ccccc3Cl)c(=O)c2Br)C[C@H]2C[C@@H]1C2(C)C. The van der Waals surface area contributed by atoms with Gasteiger partial charge in [0, 0.05) is 17.6 Å². The molecule has 31 heavy (non-hydrogen) atoms. The number of hydrogen-bond donors (Lipinski definition) is 2. The first-order valence-corrected chi connectivity index (χ1v) is 11.9. The molecule has 3 fully saturated rings. The van der Waals surface area contributed by atoms with Crippen LogP contribution in [-0.2, 0) is 17.9 Å². The first kappa shape index (κ1) is 22.3. The minimum atomic E-state index is -0.327. The number of nitrogens with one attached hydrogen (secondary N) is 2. The van der Waals surface area contributed by atoms with E-state index in [9.17, 15) is 9.59 Å². The van der Waals surface area contributed by atoms with Crippen molar-refractivity contribution in [2.24, 2.45) is 23.2 Å². The first-order valence-electron chi connectivity index (χ1n) is 10.7. The lowest BCUT2D eigenvalue weighted by atomic mass is 9.45. The molecule has 0 radical (unpaired) electrons. The van der Waals surface area contributed by atoms with E-state index in [2.05, 4.69) is 52.4 Å². The number of aromatic nitrogens is 2. The standard InChI is InChI=1S/C23H28BrClN4O2/c1-13-16-8-15(23(16,2)3)9-18(13)28-19-11-27-29(22(31)21(19)24)12-20(30)26-10-14-6-4-5-7-17(14)25/h4-7,11,13,15-16,18,28H,8-10,12H2,1-3H3,(H,26,30)/t13-,15-,16+,18-/m1/s1. The van der Waals surface area contributed by atoms with Crippen molar-refractivity contribution >= 4 is 39.1 Å². The molecule has 0 saturated heterocycles. The third-order valence-electron chi connectivity index (χ3n) is 7.41. The third kappa shape index (κ3) is 4.27. The second kappa shape index (κ2) is 8.58. The highest BCUT2D eigenvalue weighted by atomic mass is 79.9. The second-order valence-corrected chi connectivity index (χ2v) is 10.6. The van der Waals surface area contributed by atoms with Gasteiger partial charge in [0.2, 0.25) is 5.91 Å². The van der Waals surface area contributed by atoms with E-state index in [0.717, 1.165) is 17.9 Å². The van der Waals surface area contributed by atoms with Gasteiger partial charge in [-0.1, -0.05) is 50.6 Å². The zero-order valence-corrected chi connectivity index (χ0v) is 20.3. The quantitative estimate of drug-likeness (QED) is 0.605. The van der Waals surface area contributed by atoms with Gasteiger partial charge in [-0.3, -0.25) is 9.59 Å². The molecule has 5 rings (SSSR count). The number of halogens is 2. The number of nitrogens with zero attached hydrogens (tertiary/aromatic N) is 2. The molecular weight excluding hydrogens is 480 g/mol. The van der Waals surface area contributed by atoms with Gasteiger partial charge < -0.3 is 10.6 Å². The summed E-state index contributed by atoms with van der Waals surface area (Å²) in [5, 5.41) is 11.1. The van der Waals surface area contributed by atoms with Gasteiger partial charge in [0.05, 0.1) is 11.9 Å². The average Bonchev–Trinajstić information content (AvgIpc) is 2.73. The molecule has 0 spiro atoms. The monoisotopic (exact) mass is 506 g/mol. The zero-order chi connectivity index (χ0) is 22.3. The predicted molar refractivity (Wildman–Crippen MR) is 126 cm³/mol. The van der Waals surface area contributed by atoms with Gasteiger partial charge in [-0.2, -0.15) is 5.10 Å². The Bertz CT molecular complexity index is 1050. The summed E-state index contributed by atoms with van der Waals surface area (Å²) >= 11 is 9.53. The number of fused-ring (bicyclic) bond motifs is 2. The second-order valence-electron chi connectivity index (χ2n) is 9.41. The van der Waals surface area contributed by atoms with Gasteiger partial charge in [0.15, 0.2) is 0 Å². The van der Waals surface area contributed by atoms with Crippen molar-refractivity contribution < 1.29 is 4.79 Å². The summed E-state index contributed by atoms with van der Waals surface area (Å²) < 4.78 is 1.58. The van der Waals surface area contributed by atoms with Crippen LogP contribution in [0.25, 0.3) is 0 Å². The molecule has 3 aliphatic rings. The molecule has 0 unspecified atom stereocenters. The van der Waals surface area contributed by atoms with E-state index in [-0.39, 0.29) is 18.0 Å². The van der Waals surface area contributed by atoms with E-state index in [1.807, 2.05) is 18.2 Å². The summed E-state index contributed by atoms with van der Waals surface area (Å²) in [6.07, 6.45) is 4.03. The molecule has 4 atom stereocenters. The lowest BCUT2D eigenvalue weighted by molar-refractivity contribution is -0.122. The Morgan fingerprint density at radius 1 is 1.32 bits per heavy atom. The average molecular weight is 508 g/mol. The molecule has 2 aromatic rings. The fraction of sp³-hybridized carbons (Fsp3) is 0.522. The van der Waals surface area contributed by atoms with Crippen LogP contribution in [0.1, 0.15) is 39.2 Å². The van der Waals surface area contributed by atoms with Crippen LogP contribution in [0.3, 0.4) is 0 Å². The van der Waals surface area contributed by atoms with E-state index in [1.165, 1.54) is 11.1 Å². The van der Waals surface area contributed by atoms with E-state index in [1.54, 1.807) is 12.3 Å². The molecule has 2 N–H and O–H groups in total. The lowest BCUT2D eigenvalue weighted by Gasteiger charge is -2.62. The number of hydrogen-bond acceptors (Lipinski definition) is 4. The maximum absolute atomic E-state index is 12.8. The van der Waals surface area contributed by atoms with Crippen LogP contribution in [0.4, 0.5) is 5.69 Å². The Morgan fingerprint density at radius 3 is 2.74 bits per heavy atom. The summed E-state index contributed by atoms with van der Waals surface area (Å²) in [6.45, 7) is 7.18. The number of rotatable bonds is 6. The van der Waals surface area contributed by atoms with Crippen molar-refractivity contribution in [3.05, 3.63) is 55.9 Å². The fourth-order valence-electron chi connectivity index (χ4n) is 5.25. The smallest absolute Gasteiger partial charge is 0.283 e. The Labute approximate surface area is 195 Å². The molecule has 2 bridgehead atoms. The fourth-order valence-corrected chi connectivity index (χ4v) is 5.87. The Hall–Kier alpha value is -1.86. The highest BCUT2D eigenvalue weighted by Gasteiger charge is 2.56. The molecule has 1 amide bonds. The number of benzene rings is 1. The van der Waals surface area contributed by atoms with Crippen LogP contribution >= 0.6 is 27.5 Å². The molecule has 3 saturated carbocycles. The molecule has 3 aliphatic carbocycles. The van der Waals surface area contributed by atoms with Crippen molar-refractivity contribution in [3.63, 3.8) is 0 Å². The number of amides is 1. The molecule has 0 aliphatic heterocycles. The van der Waals surface area contributed by atoms with Gasteiger partial charge in [0.25, 0.3) is 5.56 Å². The minimum Gasteiger partial charge on any atom is -0.380 e. The first-order chi connectivity index (χ1) is 14.7. The van der Waals surface area contributed by atoms with Crippen LogP contribution in [0.15, 0.2) is 39.7 Å². The van der Waals surface area contributed by atoms with Crippen LogP contribution in [0.2, 0.25) is 5.02 Å². The zero-order valence-electron chi connectivity index (χ0n) is 18.0. The number of carbonyl (C=O) groups is 1. The molecule has 6 nitrogen and oxygen atoms in total. The van der Waals surface area contributed by atoms with Crippen molar-refractivity contribution in [1.82, 2.24) is 15.1 Å². The van der Waals surface area contributed by atoms with Crippen LogP contribution in [0, 0.1) is 23.2 Å². The molecule has 8 heteroatoms. The van der Waals surface area contributed by atoms with Crippen LogP contribution in [-0.4, -0.2) is 21.7 Å². The van der Waals surface area contributed by atoms with E-state index in [4.69, 9.17) is 11.6 Å². The van der Waals surface area contributed by atoms with Crippen molar-refractivity contribution in [2.75, 3.05) is 5.32 Å². The summed E-state index contributed by atoms with van der Waals surface area (Å²) in [5.41, 5.74) is 1.59. The van der Waals surface area contributed by atoms with E-state index in [0.29, 0.717) is 45.0 Å². The highest BCUT2D eigenvalue weighted by molar-refractivity contribution is 9.10. The van der Waals surface area contributed by atoms with Gasteiger partial charge >= 0.3 is 0 Å². The lowest BCUT2D eigenvalue weighted by Crippen LogP contribution is -2.58. The summed E-state index contributed by atoms with van der Waals surface area (Å²) in [6, 6.07) is 7.64. The number of carbonyl (C=O) groups excluding carboxylic acids is 1.